The van der Waals surface area contributed by atoms with Crippen molar-refractivity contribution in [1.82, 2.24) is 19.6 Å². The molecule has 0 spiro atoms. The number of ether oxygens (including phenoxy) is 2. The van der Waals surface area contributed by atoms with E-state index in [1.807, 2.05) is 0 Å². The number of terminal acetylenes is 1. The van der Waals surface area contributed by atoms with Crippen LogP contribution in [0, 0.1) is 18.2 Å². The van der Waals surface area contributed by atoms with Crippen molar-refractivity contribution in [3.63, 3.8) is 0 Å². The normalized spacial score (nSPS) is 24.6. The Kier molecular flexibility index (Phi) is 8.55. The molecule has 2 aromatic heterocycles. The van der Waals surface area contributed by atoms with E-state index in [-0.39, 0.29) is 17.3 Å². The number of esters is 1. The van der Waals surface area contributed by atoms with Crippen LogP contribution in [0.25, 0.3) is 11.0 Å². The lowest BCUT2D eigenvalue weighted by molar-refractivity contribution is -0.149. The molecule has 16 heteroatoms. The summed E-state index contributed by atoms with van der Waals surface area (Å²) in [6, 6.07) is 6.88. The maximum atomic E-state index is 14.7. The fourth-order valence-corrected chi connectivity index (χ4v) is 5.70. The highest BCUT2D eigenvalue weighted by Crippen LogP contribution is 2.47. The number of aliphatic hydroxyl groups is 1. The Morgan fingerprint density at radius 1 is 1.39 bits per heavy atom. The number of benzene rings is 1. The molecule has 3 aromatic rings. The first kappa shape index (κ1) is 30.2. The van der Waals surface area contributed by atoms with Gasteiger partial charge in [-0.1, -0.05) is 24.1 Å². The molecule has 0 bridgehead atoms. The van der Waals surface area contributed by atoms with Crippen LogP contribution < -0.4 is 26.6 Å². The minimum Gasteiger partial charge on any atom is -0.462 e. The van der Waals surface area contributed by atoms with E-state index in [0.29, 0.717) is 0 Å². The van der Waals surface area contributed by atoms with Crippen LogP contribution in [0.15, 0.2) is 41.3 Å². The van der Waals surface area contributed by atoms with Gasteiger partial charge in [0.1, 0.15) is 29.4 Å². The average Bonchev–Trinajstić information content (AvgIpc) is 3.36. The first-order chi connectivity index (χ1) is 19.3. The number of halogens is 1. The van der Waals surface area contributed by atoms with Crippen molar-refractivity contribution in [3.8, 4) is 18.1 Å². The van der Waals surface area contributed by atoms with E-state index >= 15 is 0 Å². The SMILES string of the molecule is C#CC1(N)C(O)[C@@H](CO[P@@](=O)(N[C@@H](C)C(=O)OC(C)C)Oc2ccccc2)O[C@H]1n1cc(F)c2c(=O)[nH]c(N)nc21. The molecule has 14 nitrogen and oxygen atoms in total. The van der Waals surface area contributed by atoms with Gasteiger partial charge in [0.2, 0.25) is 5.95 Å². The Bertz CT molecular complexity index is 1570. The molecule has 3 heterocycles. The Balaban J connectivity index is 1.62. The molecule has 1 aliphatic heterocycles. The number of hydrogen-bond acceptors (Lipinski definition) is 11. The highest BCUT2D eigenvalue weighted by atomic mass is 31.2. The maximum absolute atomic E-state index is 14.7. The molecule has 7 N–H and O–H groups in total. The third-order valence-corrected chi connectivity index (χ3v) is 7.79. The van der Waals surface area contributed by atoms with E-state index in [2.05, 4.69) is 21.0 Å². The van der Waals surface area contributed by atoms with Gasteiger partial charge in [0.25, 0.3) is 5.56 Å². The molecule has 0 radical (unpaired) electrons. The number of hydrogen-bond donors (Lipinski definition) is 5. The van der Waals surface area contributed by atoms with E-state index in [9.17, 15) is 23.7 Å². The average molecular weight is 593 g/mol. The second-order valence-electron chi connectivity index (χ2n) is 9.62. The molecule has 4 rings (SSSR count). The van der Waals surface area contributed by atoms with Crippen LogP contribution in [0.4, 0.5) is 10.3 Å². The molecule has 0 aliphatic carbocycles. The van der Waals surface area contributed by atoms with Gasteiger partial charge in [-0.2, -0.15) is 10.1 Å². The van der Waals surface area contributed by atoms with E-state index in [0.717, 1.165) is 10.8 Å². The monoisotopic (exact) mass is 592 g/mol. The Hall–Kier alpha value is -3.77. The molecule has 1 aliphatic rings. The maximum Gasteiger partial charge on any atom is 0.459 e. The summed E-state index contributed by atoms with van der Waals surface area (Å²) in [6.45, 7) is 4.10. The molecule has 1 saturated heterocycles. The number of anilines is 1. The topological polar surface area (TPSA) is 206 Å². The quantitative estimate of drug-likeness (QED) is 0.128. The summed E-state index contributed by atoms with van der Waals surface area (Å²) in [5.41, 5.74) is 8.91. The van der Waals surface area contributed by atoms with Crippen molar-refractivity contribution < 1.29 is 37.4 Å². The lowest BCUT2D eigenvalue weighted by atomic mass is 9.92. The number of carbonyl (C=O) groups is 1. The molecular weight excluding hydrogens is 562 g/mol. The molecule has 220 valence electrons. The smallest absolute Gasteiger partial charge is 0.459 e. The van der Waals surface area contributed by atoms with Crippen molar-refractivity contribution in [1.29, 1.82) is 0 Å². The molecule has 2 unspecified atom stereocenters. The highest BCUT2D eigenvalue weighted by molar-refractivity contribution is 7.52. The molecule has 1 aromatic carbocycles. The number of aliphatic hydroxyl groups excluding tert-OH is 1. The fourth-order valence-electron chi connectivity index (χ4n) is 4.20. The molecule has 1 fully saturated rings. The number of fused-ring (bicyclic) bond motifs is 1. The predicted octanol–water partition coefficient (Wildman–Crippen LogP) is 1.17. The second kappa shape index (κ2) is 11.6. The summed E-state index contributed by atoms with van der Waals surface area (Å²) >= 11 is 0. The van der Waals surface area contributed by atoms with Gasteiger partial charge < -0.3 is 30.6 Å². The van der Waals surface area contributed by atoms with E-state index in [1.54, 1.807) is 32.0 Å². The zero-order valence-corrected chi connectivity index (χ0v) is 23.2. The van der Waals surface area contributed by atoms with Crippen molar-refractivity contribution in [2.45, 2.75) is 56.9 Å². The predicted molar refractivity (Wildman–Crippen MR) is 145 cm³/mol. The van der Waals surface area contributed by atoms with Gasteiger partial charge in [-0.25, -0.2) is 8.96 Å². The summed E-state index contributed by atoms with van der Waals surface area (Å²) in [5, 5.41) is 13.2. The number of nitrogens with one attached hydrogen (secondary N) is 2. The van der Waals surface area contributed by atoms with Gasteiger partial charge in [-0.3, -0.25) is 23.7 Å². The van der Waals surface area contributed by atoms with Crippen molar-refractivity contribution in [3.05, 3.63) is 52.7 Å². The number of aromatic nitrogens is 3. The third kappa shape index (κ3) is 6.13. The Morgan fingerprint density at radius 3 is 2.71 bits per heavy atom. The van der Waals surface area contributed by atoms with E-state index < -0.39 is 73.2 Å². The Morgan fingerprint density at radius 2 is 2.07 bits per heavy atom. The number of H-pyrrole nitrogens is 1. The van der Waals surface area contributed by atoms with Crippen molar-refractivity contribution >= 4 is 30.7 Å². The first-order valence-corrected chi connectivity index (χ1v) is 14.0. The minimum absolute atomic E-state index is 0.151. The van der Waals surface area contributed by atoms with Crippen molar-refractivity contribution in [2.24, 2.45) is 5.73 Å². The van der Waals surface area contributed by atoms with Crippen LogP contribution >= 0.6 is 7.75 Å². The summed E-state index contributed by atoms with van der Waals surface area (Å²) in [6.07, 6.45) is 1.67. The third-order valence-electron chi connectivity index (χ3n) is 6.15. The van der Waals surface area contributed by atoms with E-state index in [1.165, 1.54) is 19.1 Å². The number of rotatable bonds is 10. The molecule has 0 saturated carbocycles. The largest absolute Gasteiger partial charge is 0.462 e. The van der Waals surface area contributed by atoms with Gasteiger partial charge >= 0.3 is 13.7 Å². The van der Waals surface area contributed by atoms with Crippen molar-refractivity contribution in [2.75, 3.05) is 12.3 Å². The van der Waals surface area contributed by atoms with Gasteiger partial charge in [-0.05, 0) is 32.9 Å². The van der Waals surface area contributed by atoms with Crippen LogP contribution in [0.5, 0.6) is 5.75 Å². The number of carbonyl (C=O) groups excluding carboxylic acids is 1. The first-order valence-electron chi connectivity index (χ1n) is 12.4. The van der Waals surface area contributed by atoms with E-state index in [4.69, 9.17) is 36.4 Å². The van der Waals surface area contributed by atoms with Crippen LogP contribution in [0.2, 0.25) is 0 Å². The fraction of sp³-hybridized carbons (Fsp3) is 0.400. The van der Waals surface area contributed by atoms with Crippen LogP contribution in [-0.2, 0) is 23.4 Å². The summed E-state index contributed by atoms with van der Waals surface area (Å²) in [4.78, 5) is 30.8. The lowest BCUT2D eigenvalue weighted by Gasteiger charge is -2.28. The van der Waals surface area contributed by atoms with Crippen LogP contribution in [-0.4, -0.2) is 62.1 Å². The van der Waals surface area contributed by atoms with Gasteiger partial charge in [0, 0.05) is 6.20 Å². The molecule has 6 atom stereocenters. The number of aromatic amines is 1. The number of nitrogens with two attached hydrogens (primary N) is 2. The van der Waals surface area contributed by atoms with Crippen LogP contribution in [0.1, 0.15) is 27.0 Å². The second-order valence-corrected chi connectivity index (χ2v) is 11.3. The minimum atomic E-state index is -4.34. The Labute approximate surface area is 233 Å². The number of nitrogen functional groups attached to an aromatic ring is 1. The zero-order valence-electron chi connectivity index (χ0n) is 22.3. The number of nitrogens with zero attached hydrogens (tertiary/aromatic N) is 2. The zero-order chi connectivity index (χ0) is 30.1. The highest BCUT2D eigenvalue weighted by Gasteiger charge is 2.55. The van der Waals surface area contributed by atoms with Crippen LogP contribution in [0.3, 0.4) is 0 Å². The number of para-hydroxylation sites is 1. The van der Waals surface area contributed by atoms with Gasteiger partial charge in [0.15, 0.2) is 23.2 Å². The molecular formula is C25H30FN6O8P. The summed E-state index contributed by atoms with van der Waals surface area (Å²) in [7, 11) is -4.34. The standard InChI is InChI=1S/C25H30FN6O8P/c1-5-25(28)19(33)17(39-23(25)32-11-16(26)18-20(32)29-24(27)30-21(18)34)12-37-41(36,40-15-9-7-6-8-10-15)31-14(4)22(35)38-13(2)3/h1,6-11,13-14,17,19,23,33H,12,28H2,2-4H3,(H,31,36)(H3,27,29,30,34)/t14-,17+,19?,23+,25?,41-/m0/s1. The van der Waals surface area contributed by atoms with Gasteiger partial charge in [-0.15, -0.1) is 6.42 Å². The molecule has 0 amide bonds. The molecule has 41 heavy (non-hydrogen) atoms. The summed E-state index contributed by atoms with van der Waals surface area (Å²) in [5.74, 6) is 0.427. The lowest BCUT2D eigenvalue weighted by Crippen LogP contribution is -2.53. The summed E-state index contributed by atoms with van der Waals surface area (Å²) < 4.78 is 51.8. The van der Waals surface area contributed by atoms with Gasteiger partial charge in [0.05, 0.1) is 12.7 Å².